The van der Waals surface area contributed by atoms with Gasteiger partial charge in [0.15, 0.2) is 0 Å². The summed E-state index contributed by atoms with van der Waals surface area (Å²) in [5, 5.41) is 3.46. The standard InChI is InChI=1S/C23H19ClFN3O3/c1-11-13(24)9-8-12-19(11)26-22(31)23(12)18-17(16-7-4-10-27(16)23)20(29)28(21(18)30)15-6-3-2-5-14(15)25/h2-3,5-6,8-9,16-18H,4,7,10H2,1H3,(H,26,31)/t16-,17+,18-,23+/m0/s1. The van der Waals surface area contributed by atoms with Crippen LogP contribution in [0.2, 0.25) is 5.02 Å². The second-order valence-corrected chi connectivity index (χ2v) is 9.09. The van der Waals surface area contributed by atoms with E-state index in [0.29, 0.717) is 29.2 Å². The summed E-state index contributed by atoms with van der Waals surface area (Å²) in [5.41, 5.74) is 0.663. The average molecular weight is 440 g/mol. The molecule has 0 aromatic heterocycles. The van der Waals surface area contributed by atoms with Gasteiger partial charge in [0.05, 0.1) is 23.2 Å². The summed E-state index contributed by atoms with van der Waals surface area (Å²) in [4.78, 5) is 43.9. The largest absolute Gasteiger partial charge is 0.324 e. The molecule has 3 amide bonds. The van der Waals surface area contributed by atoms with Gasteiger partial charge < -0.3 is 5.32 Å². The molecular formula is C23H19ClFN3O3. The minimum atomic E-state index is -1.29. The van der Waals surface area contributed by atoms with Crippen LogP contribution >= 0.6 is 11.6 Å². The lowest BCUT2D eigenvalue weighted by Gasteiger charge is -2.36. The Morgan fingerprint density at radius 3 is 2.68 bits per heavy atom. The van der Waals surface area contributed by atoms with Gasteiger partial charge in [0.2, 0.25) is 17.7 Å². The van der Waals surface area contributed by atoms with Crippen LogP contribution in [0.5, 0.6) is 0 Å². The van der Waals surface area contributed by atoms with Gasteiger partial charge >= 0.3 is 0 Å². The topological polar surface area (TPSA) is 69.7 Å². The molecule has 2 aromatic rings. The van der Waals surface area contributed by atoms with E-state index in [9.17, 15) is 18.8 Å². The normalized spacial score (nSPS) is 31.4. The number of anilines is 2. The van der Waals surface area contributed by atoms with Crippen LogP contribution in [-0.2, 0) is 19.9 Å². The van der Waals surface area contributed by atoms with Crippen molar-refractivity contribution in [1.82, 2.24) is 4.90 Å². The minimum Gasteiger partial charge on any atom is -0.324 e. The van der Waals surface area contributed by atoms with Crippen molar-refractivity contribution in [2.24, 2.45) is 11.8 Å². The van der Waals surface area contributed by atoms with Gasteiger partial charge in [-0.3, -0.25) is 19.3 Å². The molecule has 0 bridgehead atoms. The van der Waals surface area contributed by atoms with Crippen molar-refractivity contribution in [3.8, 4) is 0 Å². The van der Waals surface area contributed by atoms with Gasteiger partial charge in [-0.05, 0) is 50.1 Å². The van der Waals surface area contributed by atoms with Gasteiger partial charge in [-0.2, -0.15) is 0 Å². The van der Waals surface area contributed by atoms with Crippen LogP contribution in [0, 0.1) is 24.6 Å². The molecule has 0 aliphatic carbocycles. The van der Waals surface area contributed by atoms with Crippen molar-refractivity contribution < 1.29 is 18.8 Å². The predicted octanol–water partition coefficient (Wildman–Crippen LogP) is 3.22. The minimum absolute atomic E-state index is 0.0579. The van der Waals surface area contributed by atoms with E-state index < -0.39 is 35.0 Å². The number of carbonyl (C=O) groups excluding carboxylic acids is 3. The molecule has 1 N–H and O–H groups in total. The lowest BCUT2D eigenvalue weighted by Crippen LogP contribution is -2.54. The summed E-state index contributed by atoms with van der Waals surface area (Å²) >= 11 is 6.29. The molecule has 3 fully saturated rings. The lowest BCUT2D eigenvalue weighted by atomic mass is 9.75. The highest BCUT2D eigenvalue weighted by molar-refractivity contribution is 6.32. The van der Waals surface area contributed by atoms with Crippen molar-refractivity contribution >= 4 is 40.7 Å². The van der Waals surface area contributed by atoms with Crippen LogP contribution in [0.4, 0.5) is 15.8 Å². The molecule has 0 unspecified atom stereocenters. The van der Waals surface area contributed by atoms with E-state index in [1.165, 1.54) is 18.2 Å². The Kier molecular flexibility index (Phi) is 3.76. The molecule has 0 saturated carbocycles. The van der Waals surface area contributed by atoms with Crippen LogP contribution < -0.4 is 10.2 Å². The Labute approximate surface area is 183 Å². The fraction of sp³-hybridized carbons (Fsp3) is 0.348. The molecular weight excluding hydrogens is 421 g/mol. The van der Waals surface area contributed by atoms with E-state index in [0.717, 1.165) is 16.9 Å². The second-order valence-electron chi connectivity index (χ2n) is 8.69. The number of amides is 3. The van der Waals surface area contributed by atoms with Gasteiger partial charge in [0.1, 0.15) is 11.4 Å². The van der Waals surface area contributed by atoms with E-state index in [1.54, 1.807) is 18.2 Å². The third-order valence-electron chi connectivity index (χ3n) is 7.46. The van der Waals surface area contributed by atoms with Crippen molar-refractivity contribution in [1.29, 1.82) is 0 Å². The van der Waals surface area contributed by atoms with Crippen LogP contribution in [0.15, 0.2) is 36.4 Å². The molecule has 4 aliphatic heterocycles. The Morgan fingerprint density at radius 2 is 1.90 bits per heavy atom. The molecule has 1 spiro atoms. The number of nitrogens with one attached hydrogen (secondary N) is 1. The number of imide groups is 1. The zero-order chi connectivity index (χ0) is 21.7. The van der Waals surface area contributed by atoms with Crippen LogP contribution in [-0.4, -0.2) is 35.2 Å². The average Bonchev–Trinajstić information content (AvgIpc) is 3.45. The van der Waals surface area contributed by atoms with Crippen molar-refractivity contribution in [2.75, 3.05) is 16.8 Å². The van der Waals surface area contributed by atoms with Crippen LogP contribution in [0.1, 0.15) is 24.0 Å². The molecule has 6 rings (SSSR count). The molecule has 8 heteroatoms. The van der Waals surface area contributed by atoms with Gasteiger partial charge in [-0.15, -0.1) is 0 Å². The number of halogens is 2. The Bertz CT molecular complexity index is 1200. The van der Waals surface area contributed by atoms with Crippen LogP contribution in [0.3, 0.4) is 0 Å². The molecule has 158 valence electrons. The first-order chi connectivity index (χ1) is 14.9. The van der Waals surface area contributed by atoms with E-state index >= 15 is 0 Å². The summed E-state index contributed by atoms with van der Waals surface area (Å²) in [7, 11) is 0. The quantitative estimate of drug-likeness (QED) is 0.693. The first-order valence-electron chi connectivity index (χ1n) is 10.4. The second kappa shape index (κ2) is 6.14. The van der Waals surface area contributed by atoms with Crippen molar-refractivity contribution in [3.05, 3.63) is 58.4 Å². The monoisotopic (exact) mass is 439 g/mol. The molecule has 6 nitrogen and oxygen atoms in total. The number of carbonyl (C=O) groups is 3. The Hall–Kier alpha value is -2.77. The number of fused-ring (bicyclic) bond motifs is 7. The van der Waals surface area contributed by atoms with Gasteiger partial charge in [-0.1, -0.05) is 29.8 Å². The van der Waals surface area contributed by atoms with Gasteiger partial charge in [-0.25, -0.2) is 9.29 Å². The highest BCUT2D eigenvalue weighted by Gasteiger charge is 2.74. The Balaban J connectivity index is 1.59. The maximum absolute atomic E-state index is 14.6. The first-order valence-corrected chi connectivity index (χ1v) is 10.8. The first kappa shape index (κ1) is 19.0. The number of rotatable bonds is 1. The van der Waals surface area contributed by atoms with Crippen molar-refractivity contribution in [2.45, 2.75) is 31.3 Å². The summed E-state index contributed by atoms with van der Waals surface area (Å²) in [6, 6.07) is 9.02. The third-order valence-corrected chi connectivity index (χ3v) is 7.87. The molecule has 4 atom stereocenters. The highest BCUT2D eigenvalue weighted by atomic mass is 35.5. The number of para-hydroxylation sites is 1. The molecule has 2 aromatic carbocycles. The number of nitrogens with zero attached hydrogens (tertiary/aromatic N) is 2. The third kappa shape index (κ3) is 2.08. The summed E-state index contributed by atoms with van der Waals surface area (Å²) < 4.78 is 14.6. The zero-order valence-electron chi connectivity index (χ0n) is 16.7. The number of hydrogen-bond acceptors (Lipinski definition) is 4. The Morgan fingerprint density at radius 1 is 1.13 bits per heavy atom. The highest BCUT2D eigenvalue weighted by Crippen LogP contribution is 2.61. The summed E-state index contributed by atoms with van der Waals surface area (Å²) in [5.74, 6) is -3.51. The van der Waals surface area contributed by atoms with E-state index in [4.69, 9.17) is 11.6 Å². The molecule has 4 heterocycles. The molecule has 3 saturated heterocycles. The van der Waals surface area contributed by atoms with Crippen LogP contribution in [0.25, 0.3) is 0 Å². The smallest absolute Gasteiger partial charge is 0.250 e. The summed E-state index contributed by atoms with van der Waals surface area (Å²) in [6.45, 7) is 2.44. The maximum atomic E-state index is 14.6. The number of benzene rings is 2. The predicted molar refractivity (Wildman–Crippen MR) is 112 cm³/mol. The van der Waals surface area contributed by atoms with Gasteiger partial charge in [0.25, 0.3) is 0 Å². The SMILES string of the molecule is Cc1c(Cl)ccc2c1NC(=O)[C@]21[C@@H]2C(=O)N(c3ccccc3F)C(=O)[C@@H]2[C@@H]2CCCN21. The van der Waals surface area contributed by atoms with E-state index in [1.807, 2.05) is 11.8 Å². The van der Waals surface area contributed by atoms with Gasteiger partial charge in [0, 0.05) is 16.6 Å². The van der Waals surface area contributed by atoms with E-state index in [-0.39, 0.29) is 17.6 Å². The zero-order valence-corrected chi connectivity index (χ0v) is 17.4. The number of hydrogen-bond donors (Lipinski definition) is 1. The fourth-order valence-corrected chi connectivity index (χ4v) is 6.42. The molecule has 31 heavy (non-hydrogen) atoms. The maximum Gasteiger partial charge on any atom is 0.250 e. The molecule has 4 aliphatic rings. The summed E-state index contributed by atoms with van der Waals surface area (Å²) in [6.07, 6.45) is 1.54. The lowest BCUT2D eigenvalue weighted by molar-refractivity contribution is -0.135. The van der Waals surface area contributed by atoms with Crippen molar-refractivity contribution in [3.63, 3.8) is 0 Å². The molecule has 0 radical (unpaired) electrons. The fourth-order valence-electron chi connectivity index (χ4n) is 6.26. The van der Waals surface area contributed by atoms with E-state index in [2.05, 4.69) is 5.32 Å².